The Balaban J connectivity index is 1.67. The molecule has 5 heterocycles. The lowest BCUT2D eigenvalue weighted by Gasteiger charge is -2.52. The Morgan fingerprint density at radius 1 is 1.40 bits per heavy atom. The Morgan fingerprint density at radius 3 is 3.16 bits per heavy atom. The molecule has 1 aromatic rings. The number of fused-ring (bicyclic) bond motifs is 3. The van der Waals surface area contributed by atoms with Gasteiger partial charge in [0.2, 0.25) is 11.8 Å². The molecule has 126 valence electrons. The van der Waals surface area contributed by atoms with Crippen LogP contribution >= 0.6 is 11.8 Å². The number of hydrogen-bond donors (Lipinski definition) is 3. The monoisotopic (exact) mass is 354 g/mol. The minimum atomic E-state index is -0.694. The van der Waals surface area contributed by atoms with Gasteiger partial charge in [0.25, 0.3) is 0 Å². The number of rotatable bonds is 0. The summed E-state index contributed by atoms with van der Waals surface area (Å²) in [6, 6.07) is -0.335. The van der Waals surface area contributed by atoms with Crippen molar-refractivity contribution in [3.8, 4) is 0 Å². The molecule has 7 rings (SSSR count). The van der Waals surface area contributed by atoms with E-state index < -0.39 is 17.6 Å². The normalized spacial score (nSPS) is 44.7. The molecule has 0 aromatic carbocycles. The van der Waals surface area contributed by atoms with E-state index in [1.54, 1.807) is 11.8 Å². The molecule has 4 aliphatic heterocycles. The first kappa shape index (κ1) is 13.5. The summed E-state index contributed by atoms with van der Waals surface area (Å²) in [6.45, 7) is 0.756. The highest BCUT2D eigenvalue weighted by Crippen LogP contribution is 2.65. The van der Waals surface area contributed by atoms with E-state index in [1.807, 2.05) is 12.3 Å². The van der Waals surface area contributed by atoms with Crippen LogP contribution in [0.15, 0.2) is 22.2 Å². The summed E-state index contributed by atoms with van der Waals surface area (Å²) in [6.07, 6.45) is 4.07. The number of hydrogen-bond acceptors (Lipinski definition) is 5. The third-order valence-electron chi connectivity index (χ3n) is 7.07. The van der Waals surface area contributed by atoms with Crippen LogP contribution in [0.4, 0.5) is 0 Å². The highest BCUT2D eigenvalue weighted by Gasteiger charge is 2.72. The maximum absolute atomic E-state index is 13.2. The van der Waals surface area contributed by atoms with Crippen LogP contribution in [0.5, 0.6) is 0 Å². The zero-order chi connectivity index (χ0) is 16.7. The summed E-state index contributed by atoms with van der Waals surface area (Å²) in [5.41, 5.74) is 4.05. The Kier molecular flexibility index (Phi) is 2.08. The summed E-state index contributed by atoms with van der Waals surface area (Å²) in [4.78, 5) is 22.2. The largest absolute Gasteiger partial charge is 0.385 e. The number of nitrogens with one attached hydrogen (secondary N) is 1. The minimum absolute atomic E-state index is 0.0143. The molecule has 2 unspecified atom stereocenters. The molecule has 1 aromatic heterocycles. The highest BCUT2D eigenvalue weighted by atomic mass is 32.2. The standard InChI is InChI=1S/C18H15N3O3S/c22-7-3-8-18-4-9(25-8)20-13-11(18)15-10-6(5-19-12(10)16(13)23)1-2-21(15)14(7)17(18)24/h3,5,7,9,11,14,17,22,24H,1-2,4H2/p+1/t7-,9+,11?,14?,17+,18-/m1/s1. The molecule has 2 aliphatic carbocycles. The number of aromatic nitrogens is 1. The summed E-state index contributed by atoms with van der Waals surface area (Å²) in [5.74, 6) is -0.196. The molecule has 25 heavy (non-hydrogen) atoms. The van der Waals surface area contributed by atoms with Crippen molar-refractivity contribution in [2.45, 2.75) is 36.5 Å². The van der Waals surface area contributed by atoms with Gasteiger partial charge in [0.15, 0.2) is 5.71 Å². The van der Waals surface area contributed by atoms with Crippen molar-refractivity contribution in [3.05, 3.63) is 34.0 Å². The molecule has 0 amide bonds. The van der Waals surface area contributed by atoms with E-state index in [0.29, 0.717) is 11.4 Å². The van der Waals surface area contributed by atoms with Crippen LogP contribution in [0.1, 0.15) is 28.0 Å². The number of aliphatic hydroxyl groups excluding tert-OH is 2. The number of carbonyl (C=O) groups excluding carboxylic acids is 1. The number of ketones is 1. The summed E-state index contributed by atoms with van der Waals surface area (Å²) < 4.78 is 2.17. The smallest absolute Gasteiger partial charge is 0.224 e. The van der Waals surface area contributed by atoms with Gasteiger partial charge in [-0.05, 0) is 23.0 Å². The van der Waals surface area contributed by atoms with E-state index in [1.165, 1.54) is 5.56 Å². The Labute approximate surface area is 147 Å². The number of aromatic amines is 1. The topological polar surface area (TPSA) is 88.7 Å². The molecule has 6 atom stereocenters. The van der Waals surface area contributed by atoms with Crippen LogP contribution < -0.4 is 0 Å². The average molecular weight is 354 g/mol. The second-order valence-electron chi connectivity index (χ2n) is 7.94. The Hall–Kier alpha value is -1.70. The van der Waals surface area contributed by atoms with Crippen LogP contribution in [-0.4, -0.2) is 67.1 Å². The fourth-order valence-electron chi connectivity index (χ4n) is 6.17. The zero-order valence-corrected chi connectivity index (χ0v) is 14.1. The maximum atomic E-state index is 13.2. The molecular formula is C18H16N3O3S+. The number of Topliss-reactive ketones (excluding diaryl/α,β-unsaturated/α-hetero) is 1. The predicted molar refractivity (Wildman–Crippen MR) is 91.3 cm³/mol. The molecule has 3 N–H and O–H groups in total. The number of carbonyl (C=O) groups is 1. The number of thioether (sulfide) groups is 1. The first-order valence-corrected chi connectivity index (χ1v) is 9.71. The molecular weight excluding hydrogens is 338 g/mol. The summed E-state index contributed by atoms with van der Waals surface area (Å²) in [7, 11) is 0. The lowest BCUT2D eigenvalue weighted by Crippen LogP contribution is -2.70. The average Bonchev–Trinajstić information content (AvgIpc) is 3.13. The zero-order valence-electron chi connectivity index (χ0n) is 13.3. The third-order valence-corrected chi connectivity index (χ3v) is 8.39. The van der Waals surface area contributed by atoms with Crippen molar-refractivity contribution in [1.29, 1.82) is 0 Å². The van der Waals surface area contributed by atoms with Crippen LogP contribution in [0.3, 0.4) is 0 Å². The highest BCUT2D eigenvalue weighted by molar-refractivity contribution is 8.04. The predicted octanol–water partition coefficient (Wildman–Crippen LogP) is 0.0904. The molecule has 6 aliphatic rings. The molecule has 6 nitrogen and oxygen atoms in total. The lowest BCUT2D eigenvalue weighted by atomic mass is 9.54. The third kappa shape index (κ3) is 1.21. The SMILES string of the molecule is O=C1C2=N[C@@H]3C[C@]45C(=C[C@@H](O)C([C@@H]4O)[N+]4=C(c6c(c[nH]c61)CC4)C25)S3. The number of H-pyrrole nitrogens is 1. The van der Waals surface area contributed by atoms with Gasteiger partial charge in [-0.2, -0.15) is 0 Å². The van der Waals surface area contributed by atoms with Gasteiger partial charge in [0.1, 0.15) is 41.5 Å². The van der Waals surface area contributed by atoms with Crippen molar-refractivity contribution in [3.63, 3.8) is 0 Å². The van der Waals surface area contributed by atoms with E-state index in [-0.39, 0.29) is 23.1 Å². The van der Waals surface area contributed by atoms with Gasteiger partial charge in [-0.25, -0.2) is 4.58 Å². The van der Waals surface area contributed by atoms with E-state index in [9.17, 15) is 15.0 Å². The molecule has 1 spiro atoms. The van der Waals surface area contributed by atoms with Crippen LogP contribution in [0.2, 0.25) is 0 Å². The van der Waals surface area contributed by atoms with E-state index in [0.717, 1.165) is 35.6 Å². The number of aliphatic hydroxyl groups is 2. The molecule has 0 saturated carbocycles. The summed E-state index contributed by atoms with van der Waals surface area (Å²) >= 11 is 1.62. The van der Waals surface area contributed by atoms with Crippen LogP contribution in [0, 0.1) is 11.3 Å². The van der Waals surface area contributed by atoms with Crippen LogP contribution in [0.25, 0.3) is 0 Å². The second kappa shape index (κ2) is 3.84. The van der Waals surface area contributed by atoms with E-state index >= 15 is 0 Å². The maximum Gasteiger partial charge on any atom is 0.224 e. The Bertz CT molecular complexity index is 1010. The van der Waals surface area contributed by atoms with E-state index in [4.69, 9.17) is 4.99 Å². The fourth-order valence-corrected chi connectivity index (χ4v) is 7.75. The van der Waals surface area contributed by atoms with Gasteiger partial charge in [-0.1, -0.05) is 0 Å². The summed E-state index contributed by atoms with van der Waals surface area (Å²) in [5, 5.41) is 22.1. The van der Waals surface area contributed by atoms with E-state index in [2.05, 4.69) is 9.56 Å². The molecule has 7 heteroatoms. The van der Waals surface area contributed by atoms with Crippen molar-refractivity contribution < 1.29 is 19.6 Å². The van der Waals surface area contributed by atoms with Gasteiger partial charge in [0, 0.05) is 12.6 Å². The number of nitrogens with zero attached hydrogens (tertiary/aromatic N) is 2. The first-order valence-electron chi connectivity index (χ1n) is 8.83. The van der Waals surface area contributed by atoms with Crippen molar-refractivity contribution >= 4 is 29.0 Å². The number of aliphatic imine (C=N–C) groups is 1. The molecule has 1 saturated heterocycles. The lowest BCUT2D eigenvalue weighted by molar-refractivity contribution is -0.598. The first-order chi connectivity index (χ1) is 12.1. The van der Waals surface area contributed by atoms with Gasteiger partial charge < -0.3 is 15.2 Å². The second-order valence-corrected chi connectivity index (χ2v) is 9.16. The van der Waals surface area contributed by atoms with Gasteiger partial charge in [-0.15, -0.1) is 11.8 Å². The quantitative estimate of drug-likeness (QED) is 0.576. The van der Waals surface area contributed by atoms with Gasteiger partial charge in [-0.3, -0.25) is 9.79 Å². The van der Waals surface area contributed by atoms with Crippen molar-refractivity contribution in [2.75, 3.05) is 6.54 Å². The van der Waals surface area contributed by atoms with Crippen molar-refractivity contribution in [2.24, 2.45) is 16.3 Å². The molecule has 0 radical (unpaired) electrons. The van der Waals surface area contributed by atoms with Crippen LogP contribution in [-0.2, 0) is 6.42 Å². The minimum Gasteiger partial charge on any atom is -0.385 e. The molecule has 3 bridgehead atoms. The fraction of sp³-hybridized carbons (Fsp3) is 0.500. The van der Waals surface area contributed by atoms with Crippen molar-refractivity contribution in [1.82, 2.24) is 4.98 Å². The van der Waals surface area contributed by atoms with Gasteiger partial charge >= 0.3 is 0 Å². The molecule has 1 fully saturated rings. The van der Waals surface area contributed by atoms with Gasteiger partial charge in [0.05, 0.1) is 11.0 Å². The Morgan fingerprint density at radius 2 is 2.28 bits per heavy atom.